The molecule has 1 saturated heterocycles. The van der Waals surface area contributed by atoms with Crippen LogP contribution in [0.4, 0.5) is 0 Å². The van der Waals surface area contributed by atoms with E-state index in [4.69, 9.17) is 4.74 Å². The summed E-state index contributed by atoms with van der Waals surface area (Å²) < 4.78 is 5.89. The largest absolute Gasteiger partial charge is 0.507 e. The first-order valence-corrected chi connectivity index (χ1v) is 12.0. The molecule has 1 aromatic heterocycles. The van der Waals surface area contributed by atoms with Gasteiger partial charge in [0.1, 0.15) is 18.1 Å². The van der Waals surface area contributed by atoms with Crippen LogP contribution in [0.3, 0.4) is 0 Å². The van der Waals surface area contributed by atoms with Crippen LogP contribution in [0.2, 0.25) is 0 Å². The number of aromatic nitrogens is 1. The van der Waals surface area contributed by atoms with Crippen molar-refractivity contribution >= 4 is 17.4 Å². The number of likely N-dealkylation sites (tertiary alicyclic amines) is 1. The Balaban J connectivity index is 1.45. The fourth-order valence-corrected chi connectivity index (χ4v) is 4.54. The second-order valence-corrected chi connectivity index (χ2v) is 9.00. The van der Waals surface area contributed by atoms with Gasteiger partial charge in [0.15, 0.2) is 0 Å². The van der Waals surface area contributed by atoms with Crippen molar-refractivity contribution in [3.05, 3.63) is 137 Å². The number of aliphatic hydroxyl groups excluding tert-OH is 1. The van der Waals surface area contributed by atoms with Crippen molar-refractivity contribution in [2.24, 2.45) is 0 Å². The topological polar surface area (TPSA) is 79.7 Å². The lowest BCUT2D eigenvalue weighted by Crippen LogP contribution is -2.29. The molecule has 0 unspecified atom stereocenters. The van der Waals surface area contributed by atoms with Crippen LogP contribution in [0.15, 0.2) is 109 Å². The van der Waals surface area contributed by atoms with Gasteiger partial charge in [-0.15, -0.1) is 0 Å². The highest BCUT2D eigenvalue weighted by Gasteiger charge is 2.46. The van der Waals surface area contributed by atoms with Gasteiger partial charge >= 0.3 is 0 Å². The number of Topliss-reactive ketones (excluding diaryl/α,β-unsaturated/α-hetero) is 1. The van der Waals surface area contributed by atoms with Gasteiger partial charge in [0, 0.05) is 24.5 Å². The molecule has 1 aliphatic heterocycles. The van der Waals surface area contributed by atoms with Gasteiger partial charge in [-0.3, -0.25) is 14.6 Å². The molecule has 0 radical (unpaired) electrons. The van der Waals surface area contributed by atoms with Crippen LogP contribution in [0, 0.1) is 6.92 Å². The van der Waals surface area contributed by atoms with Gasteiger partial charge in [0.05, 0.1) is 11.6 Å². The lowest BCUT2D eigenvalue weighted by atomic mass is 9.95. The molecule has 1 aliphatic rings. The van der Waals surface area contributed by atoms with Crippen LogP contribution >= 0.6 is 0 Å². The van der Waals surface area contributed by atoms with E-state index in [0.717, 1.165) is 22.3 Å². The third-order valence-electron chi connectivity index (χ3n) is 6.37. The number of hydrogen-bond donors (Lipinski definition) is 1. The number of benzene rings is 3. The average Bonchev–Trinajstić information content (AvgIpc) is 3.18. The Hall–Kier alpha value is -4.71. The summed E-state index contributed by atoms with van der Waals surface area (Å²) in [5.41, 5.74) is 4.31. The molecule has 4 aromatic rings. The average molecular weight is 491 g/mol. The Bertz CT molecular complexity index is 1450. The molecule has 5 rings (SSSR count). The number of hydrogen-bond acceptors (Lipinski definition) is 5. The highest BCUT2D eigenvalue weighted by Crippen LogP contribution is 2.40. The van der Waals surface area contributed by atoms with Gasteiger partial charge in [-0.05, 0) is 60.0 Å². The van der Waals surface area contributed by atoms with E-state index in [1.807, 2.05) is 55.5 Å². The SMILES string of the molecule is Cc1cccc(COc2ccc(C(O)=C3C(=O)C(=O)N(Cc4ccncc4)[C@H]3c3ccccc3)cc2)c1. The van der Waals surface area contributed by atoms with Crippen molar-refractivity contribution in [2.45, 2.75) is 26.1 Å². The number of ketones is 1. The smallest absolute Gasteiger partial charge is 0.295 e. The molecule has 37 heavy (non-hydrogen) atoms. The third-order valence-corrected chi connectivity index (χ3v) is 6.37. The lowest BCUT2D eigenvalue weighted by molar-refractivity contribution is -0.140. The van der Waals surface area contributed by atoms with E-state index in [-0.39, 0.29) is 17.9 Å². The summed E-state index contributed by atoms with van der Waals surface area (Å²) in [5, 5.41) is 11.3. The van der Waals surface area contributed by atoms with E-state index >= 15 is 0 Å². The number of ether oxygens (including phenoxy) is 1. The second-order valence-electron chi connectivity index (χ2n) is 9.00. The van der Waals surface area contributed by atoms with Gasteiger partial charge in [-0.1, -0.05) is 60.2 Å². The van der Waals surface area contributed by atoms with E-state index < -0.39 is 17.7 Å². The van der Waals surface area contributed by atoms with Crippen molar-refractivity contribution in [2.75, 3.05) is 0 Å². The van der Waals surface area contributed by atoms with Crippen molar-refractivity contribution in [1.29, 1.82) is 0 Å². The molecule has 6 nitrogen and oxygen atoms in total. The highest BCUT2D eigenvalue weighted by molar-refractivity contribution is 6.46. The number of nitrogens with zero attached hydrogens (tertiary/aromatic N) is 2. The maximum Gasteiger partial charge on any atom is 0.295 e. The normalized spacial score (nSPS) is 16.7. The first kappa shape index (κ1) is 24.0. The van der Waals surface area contributed by atoms with Crippen molar-refractivity contribution in [1.82, 2.24) is 9.88 Å². The first-order chi connectivity index (χ1) is 18.0. The second kappa shape index (κ2) is 10.5. The minimum Gasteiger partial charge on any atom is -0.507 e. The molecule has 1 amide bonds. The third kappa shape index (κ3) is 5.14. The molecule has 3 aromatic carbocycles. The zero-order valence-corrected chi connectivity index (χ0v) is 20.4. The van der Waals surface area contributed by atoms with E-state index in [2.05, 4.69) is 11.1 Å². The summed E-state index contributed by atoms with van der Waals surface area (Å²) in [6, 6.07) is 27.1. The van der Waals surface area contributed by atoms with Crippen molar-refractivity contribution < 1.29 is 19.4 Å². The number of rotatable bonds is 7. The van der Waals surface area contributed by atoms with Crippen LogP contribution in [0.25, 0.3) is 5.76 Å². The number of carbonyl (C=O) groups is 2. The van der Waals surface area contributed by atoms with E-state index in [1.165, 1.54) is 4.90 Å². The molecule has 184 valence electrons. The van der Waals surface area contributed by atoms with Gasteiger partial charge in [-0.2, -0.15) is 0 Å². The van der Waals surface area contributed by atoms with Crippen LogP contribution in [0.1, 0.15) is 33.9 Å². The molecule has 2 heterocycles. The Labute approximate surface area is 215 Å². The van der Waals surface area contributed by atoms with Crippen LogP contribution in [0.5, 0.6) is 5.75 Å². The van der Waals surface area contributed by atoms with E-state index in [9.17, 15) is 14.7 Å². The fourth-order valence-electron chi connectivity index (χ4n) is 4.54. The maximum atomic E-state index is 13.2. The Morgan fingerprint density at radius 2 is 1.62 bits per heavy atom. The Morgan fingerprint density at radius 3 is 2.32 bits per heavy atom. The van der Waals surface area contributed by atoms with Crippen molar-refractivity contribution in [3.63, 3.8) is 0 Å². The molecule has 0 aliphatic carbocycles. The monoisotopic (exact) mass is 490 g/mol. The van der Waals surface area contributed by atoms with Gasteiger partial charge < -0.3 is 14.7 Å². The number of aryl methyl sites for hydroxylation is 1. The number of pyridine rings is 1. The molecular formula is C31H26N2O4. The van der Waals surface area contributed by atoms with Crippen LogP contribution < -0.4 is 4.74 Å². The quantitative estimate of drug-likeness (QED) is 0.208. The summed E-state index contributed by atoms with van der Waals surface area (Å²) >= 11 is 0. The number of carbonyl (C=O) groups excluding carboxylic acids is 2. The number of amides is 1. The summed E-state index contributed by atoms with van der Waals surface area (Å²) in [7, 11) is 0. The zero-order chi connectivity index (χ0) is 25.8. The van der Waals surface area contributed by atoms with Gasteiger partial charge in [-0.25, -0.2) is 0 Å². The summed E-state index contributed by atoms with van der Waals surface area (Å²) in [6.07, 6.45) is 3.29. The fraction of sp³-hybridized carbons (Fsp3) is 0.129. The Kier molecular flexibility index (Phi) is 6.81. The zero-order valence-electron chi connectivity index (χ0n) is 20.4. The molecule has 1 N–H and O–H groups in total. The van der Waals surface area contributed by atoms with E-state index in [1.54, 1.807) is 48.8 Å². The van der Waals surface area contributed by atoms with E-state index in [0.29, 0.717) is 17.9 Å². The molecule has 0 saturated carbocycles. The molecule has 1 fully saturated rings. The summed E-state index contributed by atoms with van der Waals surface area (Å²) in [4.78, 5) is 31.9. The maximum absolute atomic E-state index is 13.2. The summed E-state index contributed by atoms with van der Waals surface area (Å²) in [5.74, 6) is -0.934. The minimum absolute atomic E-state index is 0.0682. The standard InChI is InChI=1S/C31H26N2O4/c1-21-6-5-7-23(18-21)20-37-26-12-10-25(11-13-26)29(34)27-28(24-8-3-2-4-9-24)33(31(36)30(27)35)19-22-14-16-32-17-15-22/h2-18,28,34H,19-20H2,1H3/t28-/m0/s1. The van der Waals surface area contributed by atoms with Crippen molar-refractivity contribution in [3.8, 4) is 5.75 Å². The van der Waals surface area contributed by atoms with Gasteiger partial charge in [0.2, 0.25) is 0 Å². The van der Waals surface area contributed by atoms with Crippen LogP contribution in [-0.4, -0.2) is 26.7 Å². The molecule has 0 spiro atoms. The first-order valence-electron chi connectivity index (χ1n) is 12.0. The van der Waals surface area contributed by atoms with Crippen LogP contribution in [-0.2, 0) is 22.7 Å². The molecule has 6 heteroatoms. The van der Waals surface area contributed by atoms with Gasteiger partial charge in [0.25, 0.3) is 11.7 Å². The summed E-state index contributed by atoms with van der Waals surface area (Å²) in [6.45, 7) is 2.67. The molecular weight excluding hydrogens is 464 g/mol. The number of aliphatic hydroxyl groups is 1. The lowest BCUT2D eigenvalue weighted by Gasteiger charge is -2.25. The molecule has 0 bridgehead atoms. The molecule has 1 atom stereocenters. The predicted molar refractivity (Wildman–Crippen MR) is 140 cm³/mol. The predicted octanol–water partition coefficient (Wildman–Crippen LogP) is 5.59. The Morgan fingerprint density at radius 1 is 0.892 bits per heavy atom. The minimum atomic E-state index is -0.716. The highest BCUT2D eigenvalue weighted by atomic mass is 16.5.